The maximum absolute atomic E-state index is 13.5. The maximum Gasteiger partial charge on any atom is 0.250 e. The number of primary amides is 1. The summed E-state index contributed by atoms with van der Waals surface area (Å²) in [7, 11) is 0. The van der Waals surface area contributed by atoms with Crippen molar-refractivity contribution in [2.45, 2.75) is 18.4 Å². The number of hydrogen-bond donors (Lipinski definition) is 2. The molecule has 24 heavy (non-hydrogen) atoms. The Morgan fingerprint density at radius 1 is 1.21 bits per heavy atom. The molecule has 6 heteroatoms. The van der Waals surface area contributed by atoms with E-state index in [2.05, 4.69) is 9.97 Å². The lowest BCUT2D eigenvalue weighted by Gasteiger charge is -2.14. The van der Waals surface area contributed by atoms with Gasteiger partial charge in [-0.3, -0.25) is 9.78 Å². The first-order valence-electron chi connectivity index (χ1n) is 7.63. The molecule has 0 aliphatic heterocycles. The largest absolute Gasteiger partial charge is 0.366 e. The van der Waals surface area contributed by atoms with E-state index < -0.39 is 11.4 Å². The van der Waals surface area contributed by atoms with Gasteiger partial charge in [0, 0.05) is 17.1 Å². The van der Waals surface area contributed by atoms with Crippen molar-refractivity contribution in [2.75, 3.05) is 0 Å². The van der Waals surface area contributed by atoms with Crippen molar-refractivity contribution in [1.82, 2.24) is 9.97 Å². The number of rotatable bonds is 3. The van der Waals surface area contributed by atoms with Crippen LogP contribution < -0.4 is 11.5 Å². The van der Waals surface area contributed by atoms with Gasteiger partial charge >= 0.3 is 0 Å². The highest BCUT2D eigenvalue weighted by atomic mass is 19.1. The number of carbonyl (C=O) groups is 1. The molecule has 1 fully saturated rings. The molecule has 0 bridgehead atoms. The van der Waals surface area contributed by atoms with Gasteiger partial charge in [-0.2, -0.15) is 0 Å². The van der Waals surface area contributed by atoms with Gasteiger partial charge in [-0.05, 0) is 37.1 Å². The highest BCUT2D eigenvalue weighted by Crippen LogP contribution is 2.44. The van der Waals surface area contributed by atoms with Crippen molar-refractivity contribution in [3.8, 4) is 11.3 Å². The number of halogens is 1. The Kier molecular flexibility index (Phi) is 3.11. The lowest BCUT2D eigenvalue weighted by Crippen LogP contribution is -2.22. The third-order valence-electron chi connectivity index (χ3n) is 4.38. The van der Waals surface area contributed by atoms with Crippen LogP contribution in [0.4, 0.5) is 4.39 Å². The maximum atomic E-state index is 13.5. The van der Waals surface area contributed by atoms with Gasteiger partial charge in [-0.1, -0.05) is 12.1 Å². The lowest BCUT2D eigenvalue weighted by molar-refractivity contribution is 0.100. The molecule has 0 unspecified atom stereocenters. The average Bonchev–Trinajstić information content (AvgIpc) is 3.31. The van der Waals surface area contributed by atoms with Crippen LogP contribution in [0.1, 0.15) is 28.9 Å². The monoisotopic (exact) mass is 322 g/mol. The van der Waals surface area contributed by atoms with E-state index in [0.29, 0.717) is 33.4 Å². The number of nitrogens with zero attached hydrogens (tertiary/aromatic N) is 2. The quantitative estimate of drug-likeness (QED) is 0.774. The number of nitrogens with two attached hydrogens (primary N) is 2. The molecule has 1 amide bonds. The van der Waals surface area contributed by atoms with Crippen LogP contribution in [0, 0.1) is 5.82 Å². The smallest absolute Gasteiger partial charge is 0.250 e. The minimum Gasteiger partial charge on any atom is -0.366 e. The Hall–Kier alpha value is -2.86. The summed E-state index contributed by atoms with van der Waals surface area (Å²) in [6, 6.07) is 9.69. The number of hydrogen-bond acceptors (Lipinski definition) is 4. The normalized spacial score (nSPS) is 15.4. The summed E-state index contributed by atoms with van der Waals surface area (Å²) in [5.41, 5.74) is 14.0. The van der Waals surface area contributed by atoms with Gasteiger partial charge in [0.1, 0.15) is 5.82 Å². The molecule has 4 rings (SSSR count). The molecule has 1 aromatic carbocycles. The molecule has 3 aromatic rings. The molecule has 0 spiro atoms. The zero-order valence-electron chi connectivity index (χ0n) is 12.8. The standard InChI is InChI=1S/C18H15FN4O/c19-11-3-1-2-10(8-11)14-5-4-12-13(17(20)24)9-22-16(15(12)23-14)18(21)6-7-18/h1-5,8-9H,6-7,21H2,(H2,20,24). The Bertz CT molecular complexity index is 982. The predicted octanol–water partition coefficient (Wildman–Crippen LogP) is 2.48. The fourth-order valence-electron chi connectivity index (χ4n) is 2.86. The number of pyridine rings is 2. The van der Waals surface area contributed by atoms with Crippen molar-refractivity contribution in [3.63, 3.8) is 0 Å². The first-order valence-corrected chi connectivity index (χ1v) is 7.63. The molecule has 2 heterocycles. The minimum atomic E-state index is -0.568. The number of aromatic nitrogens is 2. The molecular weight excluding hydrogens is 307 g/mol. The van der Waals surface area contributed by atoms with E-state index >= 15 is 0 Å². The van der Waals surface area contributed by atoms with E-state index in [1.54, 1.807) is 24.3 Å². The zero-order valence-corrected chi connectivity index (χ0v) is 12.8. The summed E-state index contributed by atoms with van der Waals surface area (Å²) in [4.78, 5) is 20.6. The van der Waals surface area contributed by atoms with Crippen molar-refractivity contribution in [1.29, 1.82) is 0 Å². The fraction of sp³-hybridized carbons (Fsp3) is 0.167. The third kappa shape index (κ3) is 2.32. The Labute approximate surface area is 137 Å². The summed E-state index contributed by atoms with van der Waals surface area (Å²) in [5.74, 6) is -0.905. The van der Waals surface area contributed by atoms with Crippen LogP contribution >= 0.6 is 0 Å². The summed E-state index contributed by atoms with van der Waals surface area (Å²) in [5, 5.41) is 0.615. The van der Waals surface area contributed by atoms with Crippen molar-refractivity contribution >= 4 is 16.8 Å². The van der Waals surface area contributed by atoms with Crippen molar-refractivity contribution in [2.24, 2.45) is 11.5 Å². The van der Waals surface area contributed by atoms with Gasteiger partial charge in [0.25, 0.3) is 5.91 Å². The molecule has 120 valence electrons. The predicted molar refractivity (Wildman–Crippen MR) is 88.5 cm³/mol. The first kappa shape index (κ1) is 14.7. The Morgan fingerprint density at radius 3 is 2.67 bits per heavy atom. The molecule has 5 nitrogen and oxygen atoms in total. The van der Waals surface area contributed by atoms with Crippen LogP contribution in [-0.4, -0.2) is 15.9 Å². The Balaban J connectivity index is 1.99. The second-order valence-electron chi connectivity index (χ2n) is 6.14. The molecule has 4 N–H and O–H groups in total. The summed E-state index contributed by atoms with van der Waals surface area (Å²) in [6.07, 6.45) is 3.09. The van der Waals surface area contributed by atoms with Crippen LogP contribution in [0.5, 0.6) is 0 Å². The van der Waals surface area contributed by atoms with Crippen molar-refractivity contribution in [3.05, 3.63) is 59.7 Å². The molecule has 0 radical (unpaired) electrons. The number of fused-ring (bicyclic) bond motifs is 1. The highest BCUT2D eigenvalue weighted by Gasteiger charge is 2.43. The molecule has 1 saturated carbocycles. The topological polar surface area (TPSA) is 94.9 Å². The van der Waals surface area contributed by atoms with Gasteiger partial charge in [-0.15, -0.1) is 0 Å². The van der Waals surface area contributed by atoms with Crippen LogP contribution in [0.15, 0.2) is 42.6 Å². The first-order chi connectivity index (χ1) is 11.5. The van der Waals surface area contributed by atoms with Gasteiger partial charge in [0.15, 0.2) is 0 Å². The number of amides is 1. The molecule has 1 aliphatic rings. The van der Waals surface area contributed by atoms with Gasteiger partial charge < -0.3 is 11.5 Å². The molecular formula is C18H15FN4O. The molecule has 1 aliphatic carbocycles. The van der Waals surface area contributed by atoms with Gasteiger partial charge in [-0.25, -0.2) is 9.37 Å². The van der Waals surface area contributed by atoms with Crippen molar-refractivity contribution < 1.29 is 9.18 Å². The number of benzene rings is 1. The Morgan fingerprint density at radius 2 is 2.00 bits per heavy atom. The number of carbonyl (C=O) groups excluding carboxylic acids is 1. The third-order valence-corrected chi connectivity index (χ3v) is 4.38. The van der Waals surface area contributed by atoms with Crippen LogP contribution in [0.25, 0.3) is 22.2 Å². The molecule has 2 aromatic heterocycles. The van der Waals surface area contributed by atoms with Crippen LogP contribution in [0.2, 0.25) is 0 Å². The van der Waals surface area contributed by atoms with Crippen LogP contribution in [0.3, 0.4) is 0 Å². The highest BCUT2D eigenvalue weighted by molar-refractivity contribution is 6.06. The summed E-state index contributed by atoms with van der Waals surface area (Å²) < 4.78 is 13.5. The van der Waals surface area contributed by atoms with E-state index in [0.717, 1.165) is 12.8 Å². The molecule has 0 saturated heterocycles. The fourth-order valence-corrected chi connectivity index (χ4v) is 2.86. The van der Waals surface area contributed by atoms with E-state index in [1.165, 1.54) is 18.3 Å². The van der Waals surface area contributed by atoms with Gasteiger partial charge in [0.05, 0.1) is 28.0 Å². The van der Waals surface area contributed by atoms with E-state index in [4.69, 9.17) is 11.5 Å². The zero-order chi connectivity index (χ0) is 16.9. The second-order valence-corrected chi connectivity index (χ2v) is 6.14. The summed E-state index contributed by atoms with van der Waals surface area (Å²) >= 11 is 0. The van der Waals surface area contributed by atoms with Crippen LogP contribution in [-0.2, 0) is 5.54 Å². The van der Waals surface area contributed by atoms with Gasteiger partial charge in [0.2, 0.25) is 0 Å². The SMILES string of the molecule is NC(=O)c1cnc(C2(N)CC2)c2nc(-c3cccc(F)c3)ccc12. The average molecular weight is 322 g/mol. The minimum absolute atomic E-state index is 0.302. The van der Waals surface area contributed by atoms with E-state index in [-0.39, 0.29) is 5.82 Å². The lowest BCUT2D eigenvalue weighted by atomic mass is 10.0. The van der Waals surface area contributed by atoms with E-state index in [9.17, 15) is 9.18 Å². The second kappa shape index (κ2) is 5.07. The summed E-state index contributed by atoms with van der Waals surface area (Å²) in [6.45, 7) is 0. The van der Waals surface area contributed by atoms with E-state index in [1.807, 2.05) is 0 Å². The molecule has 0 atom stereocenters.